The van der Waals surface area contributed by atoms with Gasteiger partial charge in [-0.15, -0.1) is 0 Å². The van der Waals surface area contributed by atoms with Gasteiger partial charge in [0.05, 0.1) is 12.7 Å². The molecule has 6 N–H and O–H groups in total. The average molecular weight is 553 g/mol. The Bertz CT molecular complexity index is 1020. The largest absolute Gasteiger partial charge is 0.441 e. The fourth-order valence-electron chi connectivity index (χ4n) is 6.42. The summed E-state index contributed by atoms with van der Waals surface area (Å²) in [6, 6.07) is 8.63. The van der Waals surface area contributed by atoms with Crippen LogP contribution in [0, 0.1) is 5.41 Å². The number of amides is 1. The van der Waals surface area contributed by atoms with Gasteiger partial charge in [-0.2, -0.15) is 5.10 Å². The van der Waals surface area contributed by atoms with E-state index in [1.165, 1.54) is 67.9 Å². The number of likely N-dealkylation sites (tertiary alicyclic amines) is 1. The summed E-state index contributed by atoms with van der Waals surface area (Å²) in [5.74, 6) is 0. The molecule has 0 aliphatic carbocycles. The smallest absolute Gasteiger partial charge is 0.407 e. The van der Waals surface area contributed by atoms with E-state index in [2.05, 4.69) is 72.9 Å². The van der Waals surface area contributed by atoms with Crippen molar-refractivity contribution >= 4 is 6.09 Å². The third kappa shape index (κ3) is 7.61. The normalized spacial score (nSPS) is 23.5. The molecule has 0 unspecified atom stereocenters. The molecule has 8 rings (SSSR count). The fraction of sp³-hybridized carbons (Fsp3) is 0.667. The second-order valence-corrected chi connectivity index (χ2v) is 11.9. The van der Waals surface area contributed by atoms with Crippen molar-refractivity contribution in [2.45, 2.75) is 57.7 Å². The van der Waals surface area contributed by atoms with Crippen molar-refractivity contribution in [1.82, 2.24) is 41.7 Å². The van der Waals surface area contributed by atoms with E-state index in [9.17, 15) is 4.79 Å². The van der Waals surface area contributed by atoms with E-state index in [1.807, 2.05) is 6.20 Å². The number of rotatable bonds is 1. The Balaban J connectivity index is 0.000000108. The van der Waals surface area contributed by atoms with E-state index in [0.29, 0.717) is 12.0 Å². The summed E-state index contributed by atoms with van der Waals surface area (Å²) in [6.07, 6.45) is 7.19. The maximum Gasteiger partial charge on any atom is 0.407 e. The summed E-state index contributed by atoms with van der Waals surface area (Å²) < 4.78 is 5.20. The minimum absolute atomic E-state index is 0.178. The van der Waals surface area contributed by atoms with Crippen LogP contribution in [0.2, 0.25) is 0 Å². The summed E-state index contributed by atoms with van der Waals surface area (Å²) in [6.45, 7) is 15.5. The number of fused-ring (bicyclic) bond motifs is 2. The van der Waals surface area contributed by atoms with E-state index in [1.54, 1.807) is 0 Å². The molecule has 40 heavy (non-hydrogen) atoms. The molecular formula is C30H48N8O2. The summed E-state index contributed by atoms with van der Waals surface area (Å²) in [5, 5.41) is 22.9. The lowest BCUT2D eigenvalue weighted by atomic mass is 9.79. The Kier molecular flexibility index (Phi) is 10.1. The minimum atomic E-state index is -0.257. The number of nitrogens with one attached hydrogen (secondary N) is 6. The van der Waals surface area contributed by atoms with Gasteiger partial charge in [0.15, 0.2) is 0 Å². The first kappa shape index (κ1) is 29.0. The van der Waals surface area contributed by atoms with Gasteiger partial charge in [-0.3, -0.25) is 5.10 Å². The van der Waals surface area contributed by atoms with Gasteiger partial charge in [0.1, 0.15) is 5.60 Å². The van der Waals surface area contributed by atoms with Crippen molar-refractivity contribution in [3.05, 3.63) is 52.8 Å². The molecular weight excluding hydrogens is 504 g/mol. The number of hydrogen-bond donors (Lipinski definition) is 6. The number of alkyl carbamates (subject to hydrolysis) is 1. The van der Waals surface area contributed by atoms with Crippen LogP contribution in [0.5, 0.6) is 0 Å². The number of aromatic amines is 1. The third-order valence-electron chi connectivity index (χ3n) is 8.96. The maximum absolute atomic E-state index is 10.8. The SMILES string of the molecule is CCN1CC2(CCNC2)C1.O=C1NCC2(CCNCC2)O1.c1ccc2c(c1)CCNC2.c1n[nH]c2c1CNCC2. The van der Waals surface area contributed by atoms with Crippen LogP contribution in [0.4, 0.5) is 4.79 Å². The Hall–Kier alpha value is -2.50. The molecule has 0 saturated carbocycles. The molecule has 7 heterocycles. The highest BCUT2D eigenvalue weighted by Crippen LogP contribution is 2.35. The number of H-pyrrole nitrogens is 1. The fourth-order valence-corrected chi connectivity index (χ4v) is 6.42. The number of carbonyl (C=O) groups is 1. The number of carbonyl (C=O) groups excluding carboxylic acids is 1. The van der Waals surface area contributed by atoms with Crippen LogP contribution in [-0.2, 0) is 30.7 Å². The summed E-state index contributed by atoms with van der Waals surface area (Å²) >= 11 is 0. The Labute approximate surface area is 238 Å². The molecule has 2 aromatic rings. The number of piperidine rings is 1. The number of hydrogen-bond acceptors (Lipinski definition) is 8. The van der Waals surface area contributed by atoms with Crippen LogP contribution in [0.25, 0.3) is 0 Å². The van der Waals surface area contributed by atoms with Gasteiger partial charge in [-0.25, -0.2) is 4.79 Å². The topological polar surface area (TPSA) is 118 Å². The van der Waals surface area contributed by atoms with Crippen molar-refractivity contribution in [1.29, 1.82) is 0 Å². The first-order valence-electron chi connectivity index (χ1n) is 15.2. The molecule has 2 spiro atoms. The Morgan fingerprint density at radius 1 is 0.850 bits per heavy atom. The van der Waals surface area contributed by atoms with E-state index >= 15 is 0 Å². The zero-order valence-electron chi connectivity index (χ0n) is 24.1. The third-order valence-corrected chi connectivity index (χ3v) is 8.96. The van der Waals surface area contributed by atoms with Crippen LogP contribution >= 0.6 is 0 Å². The molecule has 6 aliphatic rings. The van der Waals surface area contributed by atoms with Gasteiger partial charge < -0.3 is 36.2 Å². The molecule has 0 atom stereocenters. The van der Waals surface area contributed by atoms with Crippen molar-refractivity contribution in [3.8, 4) is 0 Å². The number of ether oxygens (including phenoxy) is 1. The molecule has 10 nitrogen and oxygen atoms in total. The van der Waals surface area contributed by atoms with E-state index in [0.717, 1.165) is 58.5 Å². The highest BCUT2D eigenvalue weighted by atomic mass is 16.6. The summed E-state index contributed by atoms with van der Waals surface area (Å²) in [7, 11) is 0. The van der Waals surface area contributed by atoms with Gasteiger partial charge in [-0.1, -0.05) is 31.2 Å². The van der Waals surface area contributed by atoms with Crippen molar-refractivity contribution in [2.75, 3.05) is 65.4 Å². The molecule has 1 aromatic carbocycles. The van der Waals surface area contributed by atoms with Crippen molar-refractivity contribution < 1.29 is 9.53 Å². The molecule has 1 amide bonds. The van der Waals surface area contributed by atoms with Gasteiger partial charge in [0.2, 0.25) is 0 Å². The molecule has 4 fully saturated rings. The molecule has 0 radical (unpaired) electrons. The molecule has 1 aromatic heterocycles. The molecule has 220 valence electrons. The second kappa shape index (κ2) is 13.9. The highest BCUT2D eigenvalue weighted by molar-refractivity contribution is 5.70. The quantitative estimate of drug-likeness (QED) is 0.316. The lowest BCUT2D eigenvalue weighted by molar-refractivity contribution is 0.0218. The highest BCUT2D eigenvalue weighted by Gasteiger charge is 2.43. The molecule has 6 aliphatic heterocycles. The number of aromatic nitrogens is 2. The van der Waals surface area contributed by atoms with Crippen LogP contribution in [0.1, 0.15) is 48.6 Å². The van der Waals surface area contributed by atoms with Crippen molar-refractivity contribution in [3.63, 3.8) is 0 Å². The van der Waals surface area contributed by atoms with Crippen molar-refractivity contribution in [2.24, 2.45) is 5.41 Å². The molecule has 10 heteroatoms. The van der Waals surface area contributed by atoms with E-state index < -0.39 is 0 Å². The van der Waals surface area contributed by atoms with Gasteiger partial charge in [0.25, 0.3) is 0 Å². The number of nitrogens with zero attached hydrogens (tertiary/aromatic N) is 2. The van der Waals surface area contributed by atoms with Crippen LogP contribution in [0.3, 0.4) is 0 Å². The van der Waals surface area contributed by atoms with Gasteiger partial charge >= 0.3 is 6.09 Å². The predicted molar refractivity (Wildman–Crippen MR) is 157 cm³/mol. The summed E-state index contributed by atoms with van der Waals surface area (Å²) in [5.41, 5.74) is 6.13. The maximum atomic E-state index is 10.8. The van der Waals surface area contributed by atoms with Crippen LogP contribution in [-0.4, -0.2) is 92.2 Å². The zero-order valence-corrected chi connectivity index (χ0v) is 24.1. The molecule has 4 saturated heterocycles. The average Bonchev–Trinajstić information content (AvgIpc) is 3.74. The first-order valence-corrected chi connectivity index (χ1v) is 15.2. The van der Waals surface area contributed by atoms with E-state index in [4.69, 9.17) is 4.74 Å². The Morgan fingerprint density at radius 2 is 1.57 bits per heavy atom. The molecule has 0 bridgehead atoms. The predicted octanol–water partition coefficient (Wildman–Crippen LogP) is 1.54. The van der Waals surface area contributed by atoms with Gasteiger partial charge in [-0.05, 0) is 56.7 Å². The Morgan fingerprint density at radius 3 is 2.23 bits per heavy atom. The lowest BCUT2D eigenvalue weighted by Crippen LogP contribution is -2.56. The summed E-state index contributed by atoms with van der Waals surface area (Å²) in [4.78, 5) is 13.3. The zero-order chi connectivity index (χ0) is 27.7. The van der Waals surface area contributed by atoms with Crippen LogP contribution < -0.4 is 26.6 Å². The number of benzene rings is 1. The standard InChI is InChI=1S/C9H11N.C8H16N2.C7H12N2O2.C6H9N3/c1-2-4-9-7-10-6-5-8(9)3-1;1-2-10-6-8(7-10)3-4-9-5-8;10-6-9-5-7(11-6)1-3-8-4-2-7;1-2-7-3-5-4-8-9-6(1)5/h1-4,10H,5-7H2;9H,2-7H2,1H3;8H,1-5H2,(H,9,10);4,7H,1-3H2,(H,8,9). The van der Waals surface area contributed by atoms with E-state index in [-0.39, 0.29) is 11.7 Å². The first-order chi connectivity index (χ1) is 19.6. The van der Waals surface area contributed by atoms with Crippen LogP contribution in [0.15, 0.2) is 30.5 Å². The monoisotopic (exact) mass is 552 g/mol. The minimum Gasteiger partial charge on any atom is -0.441 e. The van der Waals surface area contributed by atoms with Gasteiger partial charge in [0, 0.05) is 75.2 Å². The second-order valence-electron chi connectivity index (χ2n) is 11.9. The lowest BCUT2D eigenvalue weighted by Gasteiger charge is -2.47.